The average molecular weight is 349 g/mol. The van der Waals surface area contributed by atoms with Crippen LogP contribution in [0, 0.1) is 0 Å². The molecule has 23 heavy (non-hydrogen) atoms. The molecule has 1 aliphatic rings. The lowest BCUT2D eigenvalue weighted by Gasteiger charge is -2.35. The van der Waals surface area contributed by atoms with Gasteiger partial charge in [0.05, 0.1) is 12.1 Å². The minimum atomic E-state index is -0.166. The molecule has 1 saturated heterocycles. The number of benzene rings is 1. The molecule has 7 heteroatoms. The normalized spacial score (nSPS) is 19.3. The molecule has 1 unspecified atom stereocenters. The maximum Gasteiger partial charge on any atom is 0.318 e. The quantitative estimate of drug-likeness (QED) is 0.891. The third-order valence-electron chi connectivity index (χ3n) is 3.84. The van der Waals surface area contributed by atoms with E-state index in [-0.39, 0.29) is 23.9 Å². The highest BCUT2D eigenvalue weighted by Gasteiger charge is 2.30. The molecular formula is C16H19N3O2S2. The number of aromatic hydroxyl groups is 1. The van der Waals surface area contributed by atoms with Gasteiger partial charge in [-0.25, -0.2) is 9.78 Å². The highest BCUT2D eigenvalue weighted by Crippen LogP contribution is 2.31. The van der Waals surface area contributed by atoms with Crippen molar-refractivity contribution in [3.05, 3.63) is 46.4 Å². The van der Waals surface area contributed by atoms with Crippen LogP contribution in [0.25, 0.3) is 0 Å². The largest absolute Gasteiger partial charge is 0.508 e. The summed E-state index contributed by atoms with van der Waals surface area (Å²) in [6.45, 7) is 2.64. The molecule has 2 amide bonds. The molecule has 3 rings (SSSR count). The van der Waals surface area contributed by atoms with E-state index in [9.17, 15) is 9.90 Å². The van der Waals surface area contributed by atoms with Gasteiger partial charge in [0, 0.05) is 29.6 Å². The van der Waals surface area contributed by atoms with Gasteiger partial charge in [0.15, 0.2) is 0 Å². The number of thioether (sulfide) groups is 1. The first-order valence-corrected chi connectivity index (χ1v) is 9.52. The molecule has 0 radical (unpaired) electrons. The Morgan fingerprint density at radius 3 is 3.13 bits per heavy atom. The maximum atomic E-state index is 12.7. The number of carbonyl (C=O) groups excluding carboxylic acids is 1. The fourth-order valence-electron chi connectivity index (χ4n) is 2.60. The minimum absolute atomic E-state index is 0.0325. The Morgan fingerprint density at radius 2 is 2.39 bits per heavy atom. The van der Waals surface area contributed by atoms with Gasteiger partial charge in [0.25, 0.3) is 0 Å². The zero-order valence-electron chi connectivity index (χ0n) is 12.8. The Bertz CT molecular complexity index is 663. The summed E-state index contributed by atoms with van der Waals surface area (Å²) in [5, 5.41) is 15.5. The minimum Gasteiger partial charge on any atom is -0.508 e. The predicted molar refractivity (Wildman–Crippen MR) is 93.9 cm³/mol. The number of hydrogen-bond acceptors (Lipinski definition) is 5. The van der Waals surface area contributed by atoms with Crippen LogP contribution >= 0.6 is 23.1 Å². The monoisotopic (exact) mass is 349 g/mol. The number of aromatic nitrogens is 1. The van der Waals surface area contributed by atoms with E-state index in [0.29, 0.717) is 6.54 Å². The number of rotatable bonds is 3. The van der Waals surface area contributed by atoms with E-state index >= 15 is 0 Å². The third kappa shape index (κ3) is 3.79. The van der Waals surface area contributed by atoms with E-state index in [4.69, 9.17) is 0 Å². The molecule has 1 aliphatic heterocycles. The number of nitrogens with one attached hydrogen (secondary N) is 1. The molecule has 0 saturated carbocycles. The van der Waals surface area contributed by atoms with E-state index < -0.39 is 0 Å². The lowest BCUT2D eigenvalue weighted by Crippen LogP contribution is -2.46. The van der Waals surface area contributed by atoms with Crippen molar-refractivity contribution in [1.29, 1.82) is 0 Å². The van der Waals surface area contributed by atoms with Crippen molar-refractivity contribution in [3.8, 4) is 5.75 Å². The average Bonchev–Trinajstić information content (AvgIpc) is 3.09. The summed E-state index contributed by atoms with van der Waals surface area (Å²) in [5.41, 5.74) is 0.885. The van der Waals surface area contributed by atoms with E-state index in [1.165, 1.54) is 0 Å². The summed E-state index contributed by atoms with van der Waals surface area (Å²) >= 11 is 3.44. The zero-order valence-corrected chi connectivity index (χ0v) is 14.4. The second-order valence-electron chi connectivity index (χ2n) is 5.42. The number of phenolic OH excluding ortho intramolecular Hbond substituents is 1. The second-order valence-corrected chi connectivity index (χ2v) is 7.50. The van der Waals surface area contributed by atoms with Gasteiger partial charge in [-0.3, -0.25) is 0 Å². The molecule has 1 aromatic carbocycles. The van der Waals surface area contributed by atoms with Crippen LogP contribution in [0.5, 0.6) is 5.75 Å². The molecule has 1 aromatic heterocycles. The fourth-order valence-corrected chi connectivity index (χ4v) is 4.51. The van der Waals surface area contributed by atoms with Crippen molar-refractivity contribution >= 4 is 29.1 Å². The Morgan fingerprint density at radius 1 is 1.52 bits per heavy atom. The summed E-state index contributed by atoms with van der Waals surface area (Å²) < 4.78 is 0. The lowest BCUT2D eigenvalue weighted by molar-refractivity contribution is 0.179. The molecule has 2 aromatic rings. The first kappa shape index (κ1) is 16.1. The van der Waals surface area contributed by atoms with Crippen LogP contribution in [0.3, 0.4) is 0 Å². The molecule has 0 spiro atoms. The van der Waals surface area contributed by atoms with Crippen LogP contribution in [0.2, 0.25) is 0 Å². The van der Waals surface area contributed by atoms with Gasteiger partial charge in [-0.05, 0) is 24.6 Å². The van der Waals surface area contributed by atoms with Crippen LogP contribution in [0.4, 0.5) is 4.79 Å². The summed E-state index contributed by atoms with van der Waals surface area (Å²) in [6, 6.07) is 6.76. The number of phenols is 1. The first-order chi connectivity index (χ1) is 11.1. The van der Waals surface area contributed by atoms with Crippen molar-refractivity contribution in [2.75, 3.05) is 18.1 Å². The predicted octanol–water partition coefficient (Wildman–Crippen LogP) is 3.41. The molecular weight excluding hydrogens is 330 g/mol. The van der Waals surface area contributed by atoms with E-state index in [1.54, 1.807) is 35.7 Å². The van der Waals surface area contributed by atoms with Crippen molar-refractivity contribution < 1.29 is 9.90 Å². The Kier molecular flexibility index (Phi) is 5.07. The molecule has 0 bridgehead atoms. The van der Waals surface area contributed by atoms with Crippen molar-refractivity contribution in [1.82, 2.24) is 15.2 Å². The lowest BCUT2D eigenvalue weighted by atomic mass is 10.1. The SMILES string of the molecule is C[C@@H](NC(=O)N1CCSCC1c1nccs1)c1cccc(O)c1. The molecule has 122 valence electrons. The number of urea groups is 1. The number of thiazole rings is 1. The van der Waals surface area contributed by atoms with Gasteiger partial charge in [-0.15, -0.1) is 11.3 Å². The molecule has 2 heterocycles. The second kappa shape index (κ2) is 7.23. The Hall–Kier alpha value is -1.73. The van der Waals surface area contributed by atoms with Crippen LogP contribution in [-0.4, -0.2) is 39.1 Å². The van der Waals surface area contributed by atoms with Crippen molar-refractivity contribution in [3.63, 3.8) is 0 Å². The van der Waals surface area contributed by atoms with Crippen LogP contribution in [0.1, 0.15) is 29.6 Å². The molecule has 2 atom stereocenters. The molecule has 2 N–H and O–H groups in total. The standard InChI is InChI=1S/C16H19N3O2S2/c1-11(12-3-2-4-13(20)9-12)18-16(21)19-6-8-22-10-14(19)15-17-5-7-23-15/h2-5,7,9,11,14,20H,6,8,10H2,1H3,(H,18,21)/t11-,14?/m1/s1. The zero-order chi connectivity index (χ0) is 16.2. The molecule has 0 aliphatic carbocycles. The summed E-state index contributed by atoms with van der Waals surface area (Å²) in [5.74, 6) is 2.02. The van der Waals surface area contributed by atoms with E-state index in [0.717, 1.165) is 22.1 Å². The summed E-state index contributed by atoms with van der Waals surface area (Å²) in [7, 11) is 0. The summed E-state index contributed by atoms with van der Waals surface area (Å²) in [6.07, 6.45) is 1.78. The molecule has 1 fully saturated rings. The number of amides is 2. The smallest absolute Gasteiger partial charge is 0.318 e. The molecule has 5 nitrogen and oxygen atoms in total. The van der Waals surface area contributed by atoms with Gasteiger partial charge in [-0.2, -0.15) is 11.8 Å². The van der Waals surface area contributed by atoms with Gasteiger partial charge in [-0.1, -0.05) is 12.1 Å². The fraction of sp³-hybridized carbons (Fsp3) is 0.375. The van der Waals surface area contributed by atoms with Crippen molar-refractivity contribution in [2.24, 2.45) is 0 Å². The number of nitrogens with zero attached hydrogens (tertiary/aromatic N) is 2. The number of carbonyl (C=O) groups is 1. The van der Waals surface area contributed by atoms with E-state index in [1.807, 2.05) is 35.0 Å². The van der Waals surface area contributed by atoms with Gasteiger partial charge in [0.2, 0.25) is 0 Å². The van der Waals surface area contributed by atoms with Gasteiger partial charge >= 0.3 is 6.03 Å². The first-order valence-electron chi connectivity index (χ1n) is 7.48. The number of hydrogen-bond donors (Lipinski definition) is 2. The van der Waals surface area contributed by atoms with Crippen molar-refractivity contribution in [2.45, 2.75) is 19.0 Å². The topological polar surface area (TPSA) is 65.5 Å². The third-order valence-corrected chi connectivity index (χ3v) is 5.74. The van der Waals surface area contributed by atoms with Gasteiger partial charge in [0.1, 0.15) is 10.8 Å². The highest BCUT2D eigenvalue weighted by atomic mass is 32.2. The van der Waals surface area contributed by atoms with Crippen LogP contribution in [0.15, 0.2) is 35.8 Å². The summed E-state index contributed by atoms with van der Waals surface area (Å²) in [4.78, 5) is 18.9. The van der Waals surface area contributed by atoms with Gasteiger partial charge < -0.3 is 15.3 Å². The maximum absolute atomic E-state index is 12.7. The van der Waals surface area contributed by atoms with Crippen LogP contribution in [-0.2, 0) is 0 Å². The Labute approximate surface area is 143 Å². The Balaban J connectivity index is 1.71. The van der Waals surface area contributed by atoms with Crippen LogP contribution < -0.4 is 5.32 Å². The highest BCUT2D eigenvalue weighted by molar-refractivity contribution is 7.99. The van der Waals surface area contributed by atoms with E-state index in [2.05, 4.69) is 10.3 Å².